The maximum Gasteiger partial charge on any atom is 0.276 e. The summed E-state index contributed by atoms with van der Waals surface area (Å²) in [6.45, 7) is 8.71. The van der Waals surface area contributed by atoms with E-state index >= 15 is 0 Å². The first-order chi connectivity index (χ1) is 12.6. The molecule has 2 heterocycles. The summed E-state index contributed by atoms with van der Waals surface area (Å²) in [4.78, 5) is 25.9. The first-order valence-corrected chi connectivity index (χ1v) is 10.2. The van der Waals surface area contributed by atoms with Gasteiger partial charge in [-0.2, -0.15) is 5.10 Å². The Kier molecular flexibility index (Phi) is 5.16. The van der Waals surface area contributed by atoms with Gasteiger partial charge in [-0.25, -0.2) is 0 Å². The maximum absolute atomic E-state index is 12.6. The lowest BCUT2D eigenvalue weighted by atomic mass is 9.69. The summed E-state index contributed by atoms with van der Waals surface area (Å²) in [6, 6.07) is 1.73. The van der Waals surface area contributed by atoms with Crippen molar-refractivity contribution in [2.75, 3.05) is 5.32 Å². The van der Waals surface area contributed by atoms with Crippen LogP contribution in [0, 0.1) is 18.3 Å². The monoisotopic (exact) mass is 388 g/mol. The molecular formula is C20H28N4O2S. The fraction of sp³-hybridized carbons (Fsp3) is 0.550. The number of amides is 2. The molecule has 0 saturated carbocycles. The van der Waals surface area contributed by atoms with Crippen molar-refractivity contribution < 1.29 is 9.59 Å². The lowest BCUT2D eigenvalue weighted by Crippen LogP contribution is -2.29. The molecule has 3 rings (SSSR count). The van der Waals surface area contributed by atoms with Crippen molar-refractivity contribution in [3.8, 4) is 0 Å². The highest BCUT2D eigenvalue weighted by atomic mass is 32.1. The zero-order valence-electron chi connectivity index (χ0n) is 16.7. The summed E-state index contributed by atoms with van der Waals surface area (Å²) in [5.74, 6) is -0.227. The van der Waals surface area contributed by atoms with Crippen LogP contribution < -0.4 is 11.1 Å². The van der Waals surface area contributed by atoms with Crippen molar-refractivity contribution in [3.63, 3.8) is 0 Å². The van der Waals surface area contributed by atoms with Crippen LogP contribution in [0.4, 0.5) is 5.00 Å². The average Bonchev–Trinajstić information content (AvgIpc) is 3.13. The number of fused-ring (bicyclic) bond motifs is 1. The van der Waals surface area contributed by atoms with E-state index in [0.717, 1.165) is 36.9 Å². The molecule has 27 heavy (non-hydrogen) atoms. The van der Waals surface area contributed by atoms with Crippen molar-refractivity contribution in [2.45, 2.75) is 53.4 Å². The van der Waals surface area contributed by atoms with Crippen molar-refractivity contribution in [2.24, 2.45) is 24.1 Å². The summed E-state index contributed by atoms with van der Waals surface area (Å²) in [7, 11) is 1.79. The Morgan fingerprint density at radius 2 is 2.15 bits per heavy atom. The number of nitrogens with zero attached hydrogens (tertiary/aromatic N) is 2. The van der Waals surface area contributed by atoms with E-state index in [-0.39, 0.29) is 11.3 Å². The van der Waals surface area contributed by atoms with E-state index in [0.29, 0.717) is 22.2 Å². The second-order valence-electron chi connectivity index (χ2n) is 8.10. The van der Waals surface area contributed by atoms with Crippen molar-refractivity contribution in [1.29, 1.82) is 0 Å². The summed E-state index contributed by atoms with van der Waals surface area (Å²) in [6.07, 6.45) is 3.91. The largest absolute Gasteiger partial charge is 0.365 e. The highest BCUT2D eigenvalue weighted by molar-refractivity contribution is 7.17. The normalized spacial score (nSPS) is 16.9. The van der Waals surface area contributed by atoms with Crippen LogP contribution in [0.3, 0.4) is 0 Å². The Hall–Kier alpha value is -2.15. The van der Waals surface area contributed by atoms with Crippen LogP contribution in [0.25, 0.3) is 0 Å². The molecule has 146 valence electrons. The van der Waals surface area contributed by atoms with Gasteiger partial charge >= 0.3 is 0 Å². The predicted molar refractivity (Wildman–Crippen MR) is 108 cm³/mol. The van der Waals surface area contributed by atoms with Crippen LogP contribution in [0.15, 0.2) is 6.07 Å². The van der Waals surface area contributed by atoms with Gasteiger partial charge in [0.25, 0.3) is 11.8 Å². The van der Waals surface area contributed by atoms with Crippen molar-refractivity contribution in [3.05, 3.63) is 33.5 Å². The van der Waals surface area contributed by atoms with Gasteiger partial charge in [0.15, 0.2) is 5.69 Å². The van der Waals surface area contributed by atoms with E-state index in [1.165, 1.54) is 16.2 Å². The number of carbonyl (C=O) groups is 2. The molecule has 3 N–H and O–H groups in total. The maximum atomic E-state index is 12.6. The summed E-state index contributed by atoms with van der Waals surface area (Å²) in [5.41, 5.74) is 8.64. The molecule has 0 radical (unpaired) electrons. The number of nitrogens with one attached hydrogen (secondary N) is 1. The van der Waals surface area contributed by atoms with Gasteiger partial charge in [-0.05, 0) is 49.1 Å². The zero-order valence-corrected chi connectivity index (χ0v) is 17.5. The van der Waals surface area contributed by atoms with E-state index in [1.807, 2.05) is 6.92 Å². The number of aryl methyl sites for hydroxylation is 2. The summed E-state index contributed by atoms with van der Waals surface area (Å²) < 4.78 is 1.65. The van der Waals surface area contributed by atoms with Crippen LogP contribution in [0.2, 0.25) is 0 Å². The highest BCUT2D eigenvalue weighted by Gasteiger charge is 2.35. The molecule has 1 unspecified atom stereocenters. The first kappa shape index (κ1) is 19.6. The SMILES string of the molecule is CCC(C)(C)C1CCc2c(sc(NC(=O)c3cc(C)n(C)n3)c2C(N)=O)C1. The fourth-order valence-electron chi connectivity index (χ4n) is 3.73. The molecule has 1 atom stereocenters. The number of rotatable bonds is 5. The molecule has 0 aromatic carbocycles. The number of carbonyl (C=O) groups excluding carboxylic acids is 2. The lowest BCUT2D eigenvalue weighted by molar-refractivity contribution is 0.0999. The number of hydrogen-bond acceptors (Lipinski definition) is 4. The highest BCUT2D eigenvalue weighted by Crippen LogP contribution is 2.45. The standard InChI is InChI=1S/C20H28N4O2S/c1-6-20(3,4)12-7-8-13-15(10-12)27-19(16(13)17(21)25)22-18(26)14-9-11(2)24(5)23-14/h9,12H,6-8,10H2,1-5H3,(H2,21,25)(H,22,26). The molecule has 1 aliphatic carbocycles. The molecule has 0 bridgehead atoms. The van der Waals surface area contributed by atoms with E-state index in [2.05, 4.69) is 31.2 Å². The van der Waals surface area contributed by atoms with Crippen LogP contribution in [0.5, 0.6) is 0 Å². The Morgan fingerprint density at radius 3 is 2.70 bits per heavy atom. The Morgan fingerprint density at radius 1 is 1.44 bits per heavy atom. The Balaban J connectivity index is 1.91. The van der Waals surface area contributed by atoms with Crippen LogP contribution in [-0.2, 0) is 19.9 Å². The third-order valence-corrected chi connectivity index (χ3v) is 7.27. The number of primary amides is 1. The molecule has 7 heteroatoms. The molecule has 2 aromatic rings. The van der Waals surface area contributed by atoms with E-state index < -0.39 is 5.91 Å². The molecule has 1 aliphatic rings. The number of thiophene rings is 1. The number of aromatic nitrogens is 2. The van der Waals surface area contributed by atoms with Gasteiger partial charge in [-0.3, -0.25) is 14.3 Å². The van der Waals surface area contributed by atoms with Gasteiger partial charge in [0.1, 0.15) is 5.00 Å². The van der Waals surface area contributed by atoms with E-state index in [9.17, 15) is 9.59 Å². The number of nitrogens with two attached hydrogens (primary N) is 1. The summed E-state index contributed by atoms with van der Waals surface area (Å²) >= 11 is 1.49. The molecule has 0 aliphatic heterocycles. The molecule has 0 saturated heterocycles. The lowest BCUT2D eigenvalue weighted by Gasteiger charge is -2.36. The van der Waals surface area contributed by atoms with Crippen molar-refractivity contribution in [1.82, 2.24) is 9.78 Å². The molecule has 2 aromatic heterocycles. The van der Waals surface area contributed by atoms with Gasteiger partial charge in [0.05, 0.1) is 5.56 Å². The minimum Gasteiger partial charge on any atom is -0.365 e. The van der Waals surface area contributed by atoms with Crippen LogP contribution >= 0.6 is 11.3 Å². The topological polar surface area (TPSA) is 90.0 Å². The number of anilines is 1. The average molecular weight is 389 g/mol. The molecule has 0 fully saturated rings. The van der Waals surface area contributed by atoms with E-state index in [4.69, 9.17) is 5.73 Å². The van der Waals surface area contributed by atoms with Gasteiger partial charge in [0.2, 0.25) is 0 Å². The third kappa shape index (κ3) is 3.65. The minimum atomic E-state index is -0.479. The van der Waals surface area contributed by atoms with Crippen LogP contribution in [0.1, 0.15) is 70.6 Å². The Labute approximate surface area is 164 Å². The van der Waals surface area contributed by atoms with Gasteiger partial charge in [0, 0.05) is 17.6 Å². The molecule has 6 nitrogen and oxygen atoms in total. The fourth-order valence-corrected chi connectivity index (χ4v) is 5.06. The second-order valence-corrected chi connectivity index (χ2v) is 9.21. The predicted octanol–water partition coefficient (Wildman–Crippen LogP) is 3.68. The van der Waals surface area contributed by atoms with Gasteiger partial charge in [-0.15, -0.1) is 11.3 Å². The Bertz CT molecular complexity index is 875. The number of hydrogen-bond donors (Lipinski definition) is 2. The third-order valence-electron chi connectivity index (χ3n) is 6.10. The molecule has 0 spiro atoms. The van der Waals surface area contributed by atoms with E-state index in [1.54, 1.807) is 17.8 Å². The van der Waals surface area contributed by atoms with Gasteiger partial charge < -0.3 is 11.1 Å². The van der Waals surface area contributed by atoms with Crippen molar-refractivity contribution >= 4 is 28.2 Å². The zero-order chi connectivity index (χ0) is 19.9. The smallest absolute Gasteiger partial charge is 0.276 e. The quantitative estimate of drug-likeness (QED) is 0.818. The van der Waals surface area contributed by atoms with Gasteiger partial charge in [-0.1, -0.05) is 27.2 Å². The summed E-state index contributed by atoms with van der Waals surface area (Å²) in [5, 5.41) is 7.64. The first-order valence-electron chi connectivity index (χ1n) is 9.40. The minimum absolute atomic E-state index is 0.253. The second kappa shape index (κ2) is 7.11. The molecular weight excluding hydrogens is 360 g/mol. The van der Waals surface area contributed by atoms with Crippen LogP contribution in [-0.4, -0.2) is 21.6 Å². The molecule has 2 amide bonds.